The average Bonchev–Trinajstić information content (AvgIpc) is 2.69. The van der Waals surface area contributed by atoms with Gasteiger partial charge in [-0.15, -0.1) is 0 Å². The summed E-state index contributed by atoms with van der Waals surface area (Å²) in [6, 6.07) is 5.81. The van der Waals surface area contributed by atoms with Crippen molar-refractivity contribution in [1.82, 2.24) is 15.2 Å². The van der Waals surface area contributed by atoms with Gasteiger partial charge in [-0.1, -0.05) is 19.9 Å². The first-order valence-corrected chi connectivity index (χ1v) is 5.92. The number of pyridine rings is 1. The molecule has 17 heavy (non-hydrogen) atoms. The van der Waals surface area contributed by atoms with Crippen LogP contribution in [0.1, 0.15) is 26.0 Å². The normalized spacial score (nSPS) is 11.0. The number of rotatable bonds is 4. The standard InChI is InChI=1S/C13H18N4/c1-9(2)6-7-11-12(13(14)17-16-11)10-5-3-4-8-15-10/h3-5,8-9H,6-7H2,1-2H3,(H3,14,16,17). The number of nitrogens with two attached hydrogens (primary N) is 1. The molecule has 2 aromatic heterocycles. The molecule has 3 N–H and O–H groups in total. The van der Waals surface area contributed by atoms with Crippen LogP contribution < -0.4 is 5.73 Å². The summed E-state index contributed by atoms with van der Waals surface area (Å²) >= 11 is 0. The maximum absolute atomic E-state index is 5.90. The van der Waals surface area contributed by atoms with Crippen LogP contribution in [0.4, 0.5) is 5.82 Å². The van der Waals surface area contributed by atoms with Crippen molar-refractivity contribution in [2.24, 2.45) is 5.92 Å². The van der Waals surface area contributed by atoms with Crippen molar-refractivity contribution >= 4 is 5.82 Å². The number of nitrogens with zero attached hydrogens (tertiary/aromatic N) is 2. The minimum atomic E-state index is 0.530. The summed E-state index contributed by atoms with van der Waals surface area (Å²) < 4.78 is 0. The predicted molar refractivity (Wildman–Crippen MR) is 69.4 cm³/mol. The van der Waals surface area contributed by atoms with Gasteiger partial charge in [0.2, 0.25) is 0 Å². The Hall–Kier alpha value is -1.84. The summed E-state index contributed by atoms with van der Waals surface area (Å²) in [5, 5.41) is 7.10. The van der Waals surface area contributed by atoms with Crippen molar-refractivity contribution in [2.75, 3.05) is 5.73 Å². The first kappa shape index (κ1) is 11.6. The number of nitrogens with one attached hydrogen (secondary N) is 1. The summed E-state index contributed by atoms with van der Waals surface area (Å²) in [5.74, 6) is 1.19. The van der Waals surface area contributed by atoms with Crippen LogP contribution in [-0.2, 0) is 6.42 Å². The van der Waals surface area contributed by atoms with E-state index < -0.39 is 0 Å². The molecule has 0 aromatic carbocycles. The topological polar surface area (TPSA) is 67.6 Å². The van der Waals surface area contributed by atoms with E-state index in [0.29, 0.717) is 11.7 Å². The van der Waals surface area contributed by atoms with E-state index >= 15 is 0 Å². The lowest BCUT2D eigenvalue weighted by Gasteiger charge is -2.05. The van der Waals surface area contributed by atoms with Gasteiger partial charge in [-0.3, -0.25) is 10.1 Å². The van der Waals surface area contributed by atoms with Crippen LogP contribution in [-0.4, -0.2) is 15.2 Å². The fourth-order valence-corrected chi connectivity index (χ4v) is 1.80. The molecule has 0 unspecified atom stereocenters. The molecule has 0 radical (unpaired) electrons. The number of aromatic nitrogens is 3. The van der Waals surface area contributed by atoms with Crippen LogP contribution in [0.3, 0.4) is 0 Å². The zero-order chi connectivity index (χ0) is 12.3. The van der Waals surface area contributed by atoms with Gasteiger partial charge in [-0.25, -0.2) is 0 Å². The molecular formula is C13H18N4. The molecule has 0 atom stereocenters. The van der Waals surface area contributed by atoms with Crippen molar-refractivity contribution in [3.05, 3.63) is 30.1 Å². The second-order valence-corrected chi connectivity index (χ2v) is 4.61. The lowest BCUT2D eigenvalue weighted by molar-refractivity contribution is 0.581. The maximum Gasteiger partial charge on any atom is 0.154 e. The fourth-order valence-electron chi connectivity index (χ4n) is 1.80. The minimum Gasteiger partial charge on any atom is -0.382 e. The Morgan fingerprint density at radius 3 is 2.82 bits per heavy atom. The van der Waals surface area contributed by atoms with Crippen LogP contribution in [0.25, 0.3) is 11.3 Å². The fraction of sp³-hybridized carbons (Fsp3) is 0.385. The van der Waals surface area contributed by atoms with Gasteiger partial charge >= 0.3 is 0 Å². The van der Waals surface area contributed by atoms with Gasteiger partial charge in [-0.2, -0.15) is 5.10 Å². The molecule has 0 spiro atoms. The van der Waals surface area contributed by atoms with Crippen LogP contribution in [0.2, 0.25) is 0 Å². The summed E-state index contributed by atoms with van der Waals surface area (Å²) in [4.78, 5) is 4.33. The summed E-state index contributed by atoms with van der Waals surface area (Å²) in [5.41, 5.74) is 8.81. The molecule has 0 saturated heterocycles. The number of aryl methyl sites for hydroxylation is 1. The lowest BCUT2D eigenvalue weighted by atomic mass is 10.0. The van der Waals surface area contributed by atoms with E-state index in [1.54, 1.807) is 6.20 Å². The van der Waals surface area contributed by atoms with Gasteiger partial charge in [0.15, 0.2) is 5.82 Å². The van der Waals surface area contributed by atoms with E-state index in [1.807, 2.05) is 18.2 Å². The van der Waals surface area contributed by atoms with Crippen molar-refractivity contribution in [3.8, 4) is 11.3 Å². The van der Waals surface area contributed by atoms with Gasteiger partial charge in [0.25, 0.3) is 0 Å². The van der Waals surface area contributed by atoms with E-state index in [-0.39, 0.29) is 0 Å². The highest BCUT2D eigenvalue weighted by Crippen LogP contribution is 2.27. The number of H-pyrrole nitrogens is 1. The molecule has 90 valence electrons. The van der Waals surface area contributed by atoms with Gasteiger partial charge in [0, 0.05) is 11.9 Å². The molecule has 0 aliphatic heterocycles. The van der Waals surface area contributed by atoms with Gasteiger partial charge in [0.05, 0.1) is 11.3 Å². The largest absolute Gasteiger partial charge is 0.382 e. The molecule has 2 aromatic rings. The first-order valence-electron chi connectivity index (χ1n) is 5.92. The van der Waals surface area contributed by atoms with E-state index in [0.717, 1.165) is 29.8 Å². The van der Waals surface area contributed by atoms with Crippen LogP contribution in [0.15, 0.2) is 24.4 Å². The third-order valence-electron chi connectivity index (χ3n) is 2.76. The van der Waals surface area contributed by atoms with Crippen LogP contribution in [0, 0.1) is 5.92 Å². The predicted octanol–water partition coefficient (Wildman–Crippen LogP) is 2.64. The molecule has 0 saturated carbocycles. The maximum atomic E-state index is 5.90. The van der Waals surface area contributed by atoms with E-state index in [9.17, 15) is 0 Å². The van der Waals surface area contributed by atoms with E-state index in [2.05, 4.69) is 29.0 Å². The quantitative estimate of drug-likeness (QED) is 0.848. The molecule has 4 heteroatoms. The molecule has 0 bridgehead atoms. The highest BCUT2D eigenvalue weighted by molar-refractivity contribution is 5.73. The Morgan fingerprint density at radius 2 is 2.18 bits per heavy atom. The molecule has 4 nitrogen and oxygen atoms in total. The van der Waals surface area contributed by atoms with Crippen LogP contribution >= 0.6 is 0 Å². The molecule has 0 aliphatic carbocycles. The molecule has 2 rings (SSSR count). The number of hydrogen-bond donors (Lipinski definition) is 2. The van der Waals surface area contributed by atoms with E-state index in [1.165, 1.54) is 0 Å². The molecule has 2 heterocycles. The Bertz CT molecular complexity index is 473. The third-order valence-corrected chi connectivity index (χ3v) is 2.76. The highest BCUT2D eigenvalue weighted by Gasteiger charge is 2.13. The zero-order valence-electron chi connectivity index (χ0n) is 10.3. The molecular weight excluding hydrogens is 212 g/mol. The molecule has 0 fully saturated rings. The monoisotopic (exact) mass is 230 g/mol. The number of nitrogen functional groups attached to an aromatic ring is 1. The first-order chi connectivity index (χ1) is 8.18. The average molecular weight is 230 g/mol. The Labute approximate surface area is 101 Å². The Morgan fingerprint density at radius 1 is 1.35 bits per heavy atom. The van der Waals surface area contributed by atoms with Gasteiger partial charge in [-0.05, 0) is 30.9 Å². The van der Waals surface area contributed by atoms with Crippen molar-refractivity contribution < 1.29 is 0 Å². The van der Waals surface area contributed by atoms with Crippen molar-refractivity contribution in [2.45, 2.75) is 26.7 Å². The summed E-state index contributed by atoms with van der Waals surface area (Å²) in [6.45, 7) is 4.42. The molecule has 0 aliphatic rings. The highest BCUT2D eigenvalue weighted by atomic mass is 15.2. The lowest BCUT2D eigenvalue weighted by Crippen LogP contribution is -1.96. The molecule has 0 amide bonds. The van der Waals surface area contributed by atoms with Gasteiger partial charge < -0.3 is 5.73 Å². The Kier molecular flexibility index (Phi) is 3.42. The van der Waals surface area contributed by atoms with Crippen LogP contribution in [0.5, 0.6) is 0 Å². The number of anilines is 1. The third kappa shape index (κ3) is 2.64. The summed E-state index contributed by atoms with van der Waals surface area (Å²) in [6.07, 6.45) is 3.84. The number of hydrogen-bond acceptors (Lipinski definition) is 3. The minimum absolute atomic E-state index is 0.530. The SMILES string of the molecule is CC(C)CCc1[nH]nc(N)c1-c1ccccn1. The van der Waals surface area contributed by atoms with E-state index in [4.69, 9.17) is 5.73 Å². The van der Waals surface area contributed by atoms with Crippen molar-refractivity contribution in [3.63, 3.8) is 0 Å². The van der Waals surface area contributed by atoms with Gasteiger partial charge in [0.1, 0.15) is 0 Å². The summed E-state index contributed by atoms with van der Waals surface area (Å²) in [7, 11) is 0. The Balaban J connectivity index is 2.30. The number of aromatic amines is 1. The smallest absolute Gasteiger partial charge is 0.154 e. The zero-order valence-corrected chi connectivity index (χ0v) is 10.3. The second kappa shape index (κ2) is 4.99. The second-order valence-electron chi connectivity index (χ2n) is 4.61. The van der Waals surface area contributed by atoms with Crippen molar-refractivity contribution in [1.29, 1.82) is 0 Å².